The van der Waals surface area contributed by atoms with Gasteiger partial charge in [0.2, 0.25) is 0 Å². The van der Waals surface area contributed by atoms with Crippen molar-refractivity contribution in [3.05, 3.63) is 29.6 Å². The van der Waals surface area contributed by atoms with Gasteiger partial charge in [-0.15, -0.1) is 0 Å². The Hall–Kier alpha value is -1.12. The van der Waals surface area contributed by atoms with Gasteiger partial charge in [0, 0.05) is 12.0 Å². The number of rotatable bonds is 0. The quantitative estimate of drug-likeness (QED) is 0.602. The number of hydrogen-bond acceptors (Lipinski definition) is 1. The van der Waals surface area contributed by atoms with E-state index in [2.05, 4.69) is 0 Å². The Kier molecular flexibility index (Phi) is 1.75. The molecule has 0 amide bonds. The summed E-state index contributed by atoms with van der Waals surface area (Å²) in [7, 11) is 0. The summed E-state index contributed by atoms with van der Waals surface area (Å²) < 4.78 is 31.8. The summed E-state index contributed by atoms with van der Waals surface area (Å²) in [5, 5.41) is 0. The van der Waals surface area contributed by atoms with E-state index in [0.717, 1.165) is 0 Å². The molecule has 1 atom stereocenters. The highest BCUT2D eigenvalue weighted by atomic mass is 19.1. The van der Waals surface area contributed by atoms with Gasteiger partial charge in [-0.2, -0.15) is 0 Å². The van der Waals surface area contributed by atoms with Crippen LogP contribution < -0.4 is 4.74 Å². The Balaban J connectivity index is 2.55. The minimum Gasteiger partial charge on any atom is -0.493 e. The summed E-state index contributed by atoms with van der Waals surface area (Å²) in [4.78, 5) is 0. The number of fused-ring (bicyclic) bond motifs is 1. The van der Waals surface area contributed by atoms with Crippen LogP contribution in [0.25, 0.3) is 0 Å². The third-order valence-electron chi connectivity index (χ3n) is 2.33. The number of halogens is 2. The molecule has 1 aromatic rings. The molecular formula is C10H10F2O. The maximum atomic E-state index is 13.8. The van der Waals surface area contributed by atoms with Crippen molar-refractivity contribution in [1.82, 2.24) is 0 Å². The maximum absolute atomic E-state index is 13.8. The molecule has 3 heteroatoms. The van der Waals surface area contributed by atoms with Crippen molar-refractivity contribution in [2.45, 2.75) is 19.0 Å². The molecule has 0 aromatic heterocycles. The zero-order valence-electron chi connectivity index (χ0n) is 7.31. The Morgan fingerprint density at radius 2 is 2.23 bits per heavy atom. The van der Waals surface area contributed by atoms with Gasteiger partial charge < -0.3 is 4.74 Å². The van der Waals surface area contributed by atoms with E-state index in [0.29, 0.717) is 17.9 Å². The second-order valence-electron chi connectivity index (χ2n) is 3.44. The van der Waals surface area contributed by atoms with E-state index < -0.39 is 11.5 Å². The summed E-state index contributed by atoms with van der Waals surface area (Å²) in [6.07, 6.45) is 0.281. The molecule has 0 saturated carbocycles. The smallest absolute Gasteiger partial charge is 0.140 e. The molecule has 70 valence electrons. The fourth-order valence-electron chi connectivity index (χ4n) is 1.52. The summed E-state index contributed by atoms with van der Waals surface area (Å²) in [5.74, 6) is 0.0331. The second-order valence-corrected chi connectivity index (χ2v) is 3.44. The fourth-order valence-corrected chi connectivity index (χ4v) is 1.52. The fraction of sp³-hybridized carbons (Fsp3) is 0.400. The van der Waals surface area contributed by atoms with Gasteiger partial charge in [-0.3, -0.25) is 0 Å². The summed E-state index contributed by atoms with van der Waals surface area (Å²) in [5.41, 5.74) is -1.14. The van der Waals surface area contributed by atoms with Crippen LogP contribution in [-0.2, 0) is 5.67 Å². The molecule has 1 aromatic carbocycles. The highest BCUT2D eigenvalue weighted by Gasteiger charge is 2.33. The Morgan fingerprint density at radius 3 is 3.00 bits per heavy atom. The molecule has 0 radical (unpaired) electrons. The molecule has 1 aliphatic rings. The predicted octanol–water partition coefficient (Wildman–Crippen LogP) is 2.79. The van der Waals surface area contributed by atoms with Crippen molar-refractivity contribution < 1.29 is 13.5 Å². The standard InChI is InChI=1S/C10H10F2O/c1-10(12)4-5-13-9-3-2-7(11)6-8(9)10/h2-3,6H,4-5H2,1H3. The van der Waals surface area contributed by atoms with Gasteiger partial charge in [0.1, 0.15) is 17.2 Å². The van der Waals surface area contributed by atoms with Gasteiger partial charge in [-0.1, -0.05) is 0 Å². The minimum absolute atomic E-state index is 0.281. The lowest BCUT2D eigenvalue weighted by atomic mass is 9.92. The summed E-state index contributed by atoms with van der Waals surface area (Å²) in [6, 6.07) is 3.95. The molecule has 0 fully saturated rings. The van der Waals surface area contributed by atoms with Crippen LogP contribution >= 0.6 is 0 Å². The molecule has 0 bridgehead atoms. The van der Waals surface area contributed by atoms with Crippen molar-refractivity contribution in [1.29, 1.82) is 0 Å². The highest BCUT2D eigenvalue weighted by molar-refractivity contribution is 5.39. The van der Waals surface area contributed by atoms with Crippen LogP contribution in [-0.4, -0.2) is 6.61 Å². The zero-order chi connectivity index (χ0) is 9.47. The van der Waals surface area contributed by atoms with E-state index in [1.807, 2.05) is 0 Å². The molecular weight excluding hydrogens is 174 g/mol. The van der Waals surface area contributed by atoms with Crippen molar-refractivity contribution in [2.75, 3.05) is 6.61 Å². The first-order valence-corrected chi connectivity index (χ1v) is 4.21. The third-order valence-corrected chi connectivity index (χ3v) is 2.33. The van der Waals surface area contributed by atoms with Crippen LogP contribution in [0.15, 0.2) is 18.2 Å². The lowest BCUT2D eigenvalue weighted by molar-refractivity contribution is 0.109. The van der Waals surface area contributed by atoms with Gasteiger partial charge in [0.25, 0.3) is 0 Å². The molecule has 1 unspecified atom stereocenters. The molecule has 1 aliphatic heterocycles. The molecule has 2 rings (SSSR count). The highest BCUT2D eigenvalue weighted by Crippen LogP contribution is 2.39. The van der Waals surface area contributed by atoms with Gasteiger partial charge in [0.05, 0.1) is 6.61 Å². The molecule has 0 saturated heterocycles. The average molecular weight is 184 g/mol. The van der Waals surface area contributed by atoms with Gasteiger partial charge >= 0.3 is 0 Å². The predicted molar refractivity (Wildman–Crippen MR) is 45.0 cm³/mol. The molecule has 0 N–H and O–H groups in total. The van der Waals surface area contributed by atoms with Crippen LogP contribution in [0.3, 0.4) is 0 Å². The zero-order valence-corrected chi connectivity index (χ0v) is 7.31. The summed E-state index contributed by atoms with van der Waals surface area (Å²) in [6.45, 7) is 1.80. The average Bonchev–Trinajstić information content (AvgIpc) is 2.06. The first kappa shape index (κ1) is 8.48. The number of hydrogen-bond donors (Lipinski definition) is 0. The van der Waals surface area contributed by atoms with Crippen molar-refractivity contribution in [2.24, 2.45) is 0 Å². The molecule has 1 nitrogen and oxygen atoms in total. The first-order valence-electron chi connectivity index (χ1n) is 4.21. The Labute approximate surface area is 75.3 Å². The van der Waals surface area contributed by atoms with Crippen molar-refractivity contribution in [3.63, 3.8) is 0 Å². The number of alkyl halides is 1. The van der Waals surface area contributed by atoms with E-state index >= 15 is 0 Å². The molecule has 1 heterocycles. The number of benzene rings is 1. The third kappa shape index (κ3) is 1.39. The van der Waals surface area contributed by atoms with Crippen molar-refractivity contribution in [3.8, 4) is 5.75 Å². The van der Waals surface area contributed by atoms with Gasteiger partial charge in [-0.25, -0.2) is 8.78 Å². The lowest BCUT2D eigenvalue weighted by Gasteiger charge is -2.28. The van der Waals surface area contributed by atoms with Crippen LogP contribution in [0, 0.1) is 5.82 Å². The lowest BCUT2D eigenvalue weighted by Crippen LogP contribution is -2.25. The maximum Gasteiger partial charge on any atom is 0.140 e. The molecule has 13 heavy (non-hydrogen) atoms. The first-order chi connectivity index (χ1) is 6.09. The second kappa shape index (κ2) is 2.69. The van der Waals surface area contributed by atoms with Gasteiger partial charge in [-0.05, 0) is 25.1 Å². The van der Waals surface area contributed by atoms with E-state index in [1.165, 1.54) is 25.1 Å². The van der Waals surface area contributed by atoms with Crippen LogP contribution in [0.4, 0.5) is 8.78 Å². The van der Waals surface area contributed by atoms with Crippen LogP contribution in [0.2, 0.25) is 0 Å². The van der Waals surface area contributed by atoms with E-state index in [9.17, 15) is 8.78 Å². The summed E-state index contributed by atoms with van der Waals surface area (Å²) >= 11 is 0. The largest absolute Gasteiger partial charge is 0.493 e. The Morgan fingerprint density at radius 1 is 1.46 bits per heavy atom. The van der Waals surface area contributed by atoms with Crippen molar-refractivity contribution >= 4 is 0 Å². The van der Waals surface area contributed by atoms with E-state index in [4.69, 9.17) is 4.74 Å². The monoisotopic (exact) mass is 184 g/mol. The normalized spacial score (nSPS) is 26.4. The van der Waals surface area contributed by atoms with Crippen LogP contribution in [0.5, 0.6) is 5.75 Å². The minimum atomic E-state index is -1.46. The van der Waals surface area contributed by atoms with E-state index in [1.54, 1.807) is 0 Å². The molecule has 0 spiro atoms. The van der Waals surface area contributed by atoms with E-state index in [-0.39, 0.29) is 6.42 Å². The topological polar surface area (TPSA) is 9.23 Å². The Bertz CT molecular complexity index is 334. The molecule has 0 aliphatic carbocycles. The number of ether oxygens (including phenoxy) is 1. The SMILES string of the molecule is CC1(F)CCOc2ccc(F)cc21. The van der Waals surface area contributed by atoms with Gasteiger partial charge in [0.15, 0.2) is 0 Å². The van der Waals surface area contributed by atoms with Crippen LogP contribution in [0.1, 0.15) is 18.9 Å².